The molecule has 3 heterocycles. The molecule has 0 spiro atoms. The highest BCUT2D eigenvalue weighted by molar-refractivity contribution is 5.91. The average molecular weight is 298 g/mol. The summed E-state index contributed by atoms with van der Waals surface area (Å²) in [6.45, 7) is 0.310. The third-order valence-corrected chi connectivity index (χ3v) is 3.21. The van der Waals surface area contributed by atoms with Crippen LogP contribution in [-0.4, -0.2) is 30.6 Å². The van der Waals surface area contributed by atoms with Gasteiger partial charge in [-0.25, -0.2) is 4.79 Å². The van der Waals surface area contributed by atoms with E-state index in [9.17, 15) is 9.59 Å². The Hall–Kier alpha value is -3.16. The van der Waals surface area contributed by atoms with Gasteiger partial charge in [-0.3, -0.25) is 14.5 Å². The molecule has 3 aromatic rings. The predicted octanol–water partition coefficient (Wildman–Crippen LogP) is 0.428. The van der Waals surface area contributed by atoms with E-state index in [0.29, 0.717) is 6.54 Å². The Labute approximate surface area is 125 Å². The second-order valence-electron chi connectivity index (χ2n) is 4.76. The number of nitrogens with zero attached hydrogens (tertiary/aromatic N) is 3. The minimum Gasteiger partial charge on any atom is -0.347 e. The van der Waals surface area contributed by atoms with Crippen molar-refractivity contribution in [1.29, 1.82) is 0 Å². The van der Waals surface area contributed by atoms with Gasteiger partial charge in [-0.15, -0.1) is 0 Å². The summed E-state index contributed by atoms with van der Waals surface area (Å²) in [5.74, 6) is -0.357. The molecule has 0 atom stereocenters. The van der Waals surface area contributed by atoms with E-state index in [0.717, 1.165) is 16.8 Å². The van der Waals surface area contributed by atoms with Crippen LogP contribution in [0.2, 0.25) is 0 Å². The van der Waals surface area contributed by atoms with Gasteiger partial charge in [0.15, 0.2) is 0 Å². The maximum absolute atomic E-state index is 11.9. The van der Waals surface area contributed by atoms with E-state index in [1.54, 1.807) is 23.3 Å². The van der Waals surface area contributed by atoms with Gasteiger partial charge < -0.3 is 15.3 Å². The van der Waals surface area contributed by atoms with E-state index < -0.39 is 5.69 Å². The highest BCUT2D eigenvalue weighted by Crippen LogP contribution is 2.17. The summed E-state index contributed by atoms with van der Waals surface area (Å²) >= 11 is 0. The zero-order valence-corrected chi connectivity index (χ0v) is 11.8. The maximum atomic E-state index is 11.9. The second kappa shape index (κ2) is 5.68. The molecule has 0 saturated heterocycles. The molecule has 0 unspecified atom stereocenters. The zero-order valence-electron chi connectivity index (χ0n) is 11.8. The molecule has 8 heteroatoms. The molecule has 0 aliphatic heterocycles. The molecule has 0 fully saturated rings. The van der Waals surface area contributed by atoms with Crippen molar-refractivity contribution in [1.82, 2.24) is 30.0 Å². The van der Waals surface area contributed by atoms with E-state index in [2.05, 4.69) is 25.4 Å². The number of hydrogen-bond donors (Lipinski definition) is 3. The third-order valence-electron chi connectivity index (χ3n) is 3.21. The molecule has 0 radical (unpaired) electrons. The van der Waals surface area contributed by atoms with Gasteiger partial charge >= 0.3 is 5.69 Å². The number of aryl methyl sites for hydroxylation is 1. The number of amides is 1. The van der Waals surface area contributed by atoms with Crippen LogP contribution in [0.5, 0.6) is 0 Å². The number of imidazole rings is 1. The number of carbonyl (C=O) groups excluding carboxylic acids is 1. The summed E-state index contributed by atoms with van der Waals surface area (Å²) in [4.78, 5) is 31.8. The first-order valence-electron chi connectivity index (χ1n) is 6.61. The van der Waals surface area contributed by atoms with Crippen LogP contribution in [-0.2, 0) is 13.6 Å². The van der Waals surface area contributed by atoms with Crippen LogP contribution in [0.4, 0.5) is 0 Å². The Bertz CT molecular complexity index is 860. The quantitative estimate of drug-likeness (QED) is 0.649. The molecule has 8 nitrogen and oxygen atoms in total. The van der Waals surface area contributed by atoms with Gasteiger partial charge in [0.1, 0.15) is 5.69 Å². The highest BCUT2D eigenvalue weighted by Gasteiger charge is 2.08. The summed E-state index contributed by atoms with van der Waals surface area (Å²) < 4.78 is 1.75. The third kappa shape index (κ3) is 2.80. The van der Waals surface area contributed by atoms with Crippen molar-refractivity contribution in [2.45, 2.75) is 6.54 Å². The van der Waals surface area contributed by atoms with Crippen LogP contribution in [0.3, 0.4) is 0 Å². The molecule has 0 aromatic carbocycles. The van der Waals surface area contributed by atoms with Crippen molar-refractivity contribution in [2.75, 3.05) is 0 Å². The lowest BCUT2D eigenvalue weighted by Gasteiger charge is -2.06. The topological polar surface area (TPSA) is 108 Å². The van der Waals surface area contributed by atoms with Gasteiger partial charge in [-0.2, -0.15) is 5.10 Å². The molecule has 3 aromatic heterocycles. The minimum absolute atomic E-state index is 0.195. The van der Waals surface area contributed by atoms with Gasteiger partial charge in [0, 0.05) is 43.9 Å². The minimum atomic E-state index is -0.412. The van der Waals surface area contributed by atoms with E-state index in [4.69, 9.17) is 0 Å². The summed E-state index contributed by atoms with van der Waals surface area (Å²) in [5, 5.41) is 6.85. The first-order chi connectivity index (χ1) is 10.6. The summed E-state index contributed by atoms with van der Waals surface area (Å²) in [6.07, 6.45) is 6.47. The molecule has 3 N–H and O–H groups in total. The van der Waals surface area contributed by atoms with Crippen molar-refractivity contribution in [3.63, 3.8) is 0 Å². The Morgan fingerprint density at radius 2 is 2.27 bits per heavy atom. The number of rotatable bonds is 4. The van der Waals surface area contributed by atoms with Crippen LogP contribution in [0.1, 0.15) is 16.1 Å². The molecule has 1 amide bonds. The zero-order chi connectivity index (χ0) is 15.5. The number of aromatic amines is 2. The molecule has 0 aliphatic carbocycles. The molecular formula is C14H14N6O2. The van der Waals surface area contributed by atoms with E-state index in [1.807, 2.05) is 19.2 Å². The monoisotopic (exact) mass is 298 g/mol. The van der Waals surface area contributed by atoms with E-state index in [1.165, 1.54) is 6.20 Å². The molecule has 3 rings (SSSR count). The molecule has 0 bridgehead atoms. The van der Waals surface area contributed by atoms with Crippen molar-refractivity contribution in [3.05, 3.63) is 58.7 Å². The van der Waals surface area contributed by atoms with Gasteiger partial charge in [0.2, 0.25) is 0 Å². The normalized spacial score (nSPS) is 10.6. The van der Waals surface area contributed by atoms with Crippen LogP contribution >= 0.6 is 0 Å². The Morgan fingerprint density at radius 1 is 1.41 bits per heavy atom. The Morgan fingerprint density at radius 3 is 2.95 bits per heavy atom. The lowest BCUT2D eigenvalue weighted by Crippen LogP contribution is -2.23. The van der Waals surface area contributed by atoms with E-state index in [-0.39, 0.29) is 11.6 Å². The van der Waals surface area contributed by atoms with Crippen molar-refractivity contribution < 1.29 is 4.79 Å². The summed E-state index contributed by atoms with van der Waals surface area (Å²) in [7, 11) is 1.85. The van der Waals surface area contributed by atoms with Gasteiger partial charge in [0.05, 0.1) is 5.69 Å². The molecule has 22 heavy (non-hydrogen) atoms. The predicted molar refractivity (Wildman–Crippen MR) is 79.0 cm³/mol. The van der Waals surface area contributed by atoms with Gasteiger partial charge in [-0.1, -0.05) is 0 Å². The fourth-order valence-electron chi connectivity index (χ4n) is 2.11. The summed E-state index contributed by atoms with van der Waals surface area (Å²) in [6, 6.07) is 3.83. The lowest BCUT2D eigenvalue weighted by molar-refractivity contribution is 0.0946. The van der Waals surface area contributed by atoms with Crippen molar-refractivity contribution >= 4 is 5.91 Å². The number of aromatic nitrogens is 5. The Kier molecular flexibility index (Phi) is 3.57. The first-order valence-corrected chi connectivity index (χ1v) is 6.61. The number of pyridine rings is 1. The van der Waals surface area contributed by atoms with Crippen molar-refractivity contribution in [2.24, 2.45) is 7.05 Å². The molecule has 112 valence electrons. The summed E-state index contributed by atoms with van der Waals surface area (Å²) in [5.41, 5.74) is 2.49. The molecular weight excluding hydrogens is 284 g/mol. The number of nitrogens with one attached hydrogen (secondary N) is 3. The smallest absolute Gasteiger partial charge is 0.323 e. The molecule has 0 aliphatic rings. The standard InChI is InChI=1S/C14H14N6O2/c1-20-12(2-3-18-20)10-4-9(5-15-7-10)6-16-13(21)11-8-17-14(22)19-11/h2-5,7-8H,6H2,1H3,(H,16,21)(H2,17,19,22). The van der Waals surface area contributed by atoms with Crippen LogP contribution in [0.25, 0.3) is 11.3 Å². The van der Waals surface area contributed by atoms with Crippen LogP contribution in [0.15, 0.2) is 41.7 Å². The average Bonchev–Trinajstić information content (AvgIpc) is 3.13. The number of carbonyl (C=O) groups is 1. The second-order valence-corrected chi connectivity index (χ2v) is 4.76. The first kappa shape index (κ1) is 13.8. The largest absolute Gasteiger partial charge is 0.347 e. The number of H-pyrrole nitrogens is 2. The number of hydrogen-bond acceptors (Lipinski definition) is 4. The van der Waals surface area contributed by atoms with E-state index >= 15 is 0 Å². The van der Waals surface area contributed by atoms with Gasteiger partial charge in [0.25, 0.3) is 5.91 Å². The van der Waals surface area contributed by atoms with Crippen LogP contribution < -0.4 is 11.0 Å². The Balaban J connectivity index is 1.72. The fraction of sp³-hybridized carbons (Fsp3) is 0.143. The SMILES string of the molecule is Cn1nccc1-c1cncc(CNC(=O)c2c[nH]c(=O)[nH]2)c1. The van der Waals surface area contributed by atoms with Gasteiger partial charge in [-0.05, 0) is 17.7 Å². The molecule has 0 saturated carbocycles. The lowest BCUT2D eigenvalue weighted by atomic mass is 10.1. The van der Waals surface area contributed by atoms with Crippen molar-refractivity contribution in [3.8, 4) is 11.3 Å². The maximum Gasteiger partial charge on any atom is 0.323 e. The highest BCUT2D eigenvalue weighted by atomic mass is 16.2. The van der Waals surface area contributed by atoms with Crippen LogP contribution in [0, 0.1) is 0 Å². The fourth-order valence-corrected chi connectivity index (χ4v) is 2.11.